The van der Waals surface area contributed by atoms with Gasteiger partial charge in [-0.3, -0.25) is 9.89 Å². The van der Waals surface area contributed by atoms with Gasteiger partial charge in [0.05, 0.1) is 6.54 Å². The van der Waals surface area contributed by atoms with Crippen molar-refractivity contribution in [3.05, 3.63) is 89.3 Å². The minimum absolute atomic E-state index is 0.160. The highest BCUT2D eigenvalue weighted by Crippen LogP contribution is 2.19. The summed E-state index contributed by atoms with van der Waals surface area (Å²) >= 11 is 6.01. The molecule has 4 aromatic rings. The van der Waals surface area contributed by atoms with Crippen LogP contribution >= 0.6 is 11.6 Å². The Morgan fingerprint density at radius 2 is 1.88 bits per heavy atom. The largest absolute Gasteiger partial charge is 0.492 e. The van der Waals surface area contributed by atoms with E-state index in [1.807, 2.05) is 36.4 Å². The Labute approximate surface area is 190 Å². The number of halogens is 1. The van der Waals surface area contributed by atoms with E-state index in [4.69, 9.17) is 22.1 Å². The minimum Gasteiger partial charge on any atom is -0.492 e. The molecule has 0 aliphatic carbocycles. The van der Waals surface area contributed by atoms with Crippen LogP contribution in [0.2, 0.25) is 5.02 Å². The average Bonchev–Trinajstić information content (AvgIpc) is 3.25. The number of hydrogen-bond acceptors (Lipinski definition) is 6. The van der Waals surface area contributed by atoms with Gasteiger partial charge in [0.2, 0.25) is 0 Å². The summed E-state index contributed by atoms with van der Waals surface area (Å²) in [6, 6.07) is 16.7. The third-order valence-electron chi connectivity index (χ3n) is 4.76. The van der Waals surface area contributed by atoms with Crippen LogP contribution in [-0.4, -0.2) is 44.1 Å². The zero-order valence-corrected chi connectivity index (χ0v) is 17.9. The summed E-state index contributed by atoms with van der Waals surface area (Å²) in [6.07, 6.45) is 4.90. The molecular formula is C23H21ClN6O2. The fourth-order valence-electron chi connectivity index (χ4n) is 3.15. The van der Waals surface area contributed by atoms with Gasteiger partial charge in [0.15, 0.2) is 11.6 Å². The van der Waals surface area contributed by atoms with E-state index in [2.05, 4.69) is 20.2 Å². The van der Waals surface area contributed by atoms with Crippen molar-refractivity contribution in [2.75, 3.05) is 18.9 Å². The smallest absolute Gasteiger partial charge is 0.259 e. The second kappa shape index (κ2) is 9.93. The van der Waals surface area contributed by atoms with Crippen LogP contribution in [0, 0.1) is 0 Å². The SMILES string of the molecule is Nc1n[nH]cc1C(=O)N(CCOc1cccc(Cl)c1)Cc1ccc(-c2ncccn2)cc1. The van der Waals surface area contributed by atoms with Gasteiger partial charge < -0.3 is 15.4 Å². The van der Waals surface area contributed by atoms with E-state index in [1.165, 1.54) is 6.20 Å². The zero-order valence-electron chi connectivity index (χ0n) is 17.1. The van der Waals surface area contributed by atoms with Gasteiger partial charge >= 0.3 is 0 Å². The zero-order chi connectivity index (χ0) is 22.3. The monoisotopic (exact) mass is 448 g/mol. The minimum atomic E-state index is -0.235. The molecule has 0 atom stereocenters. The fraction of sp³-hybridized carbons (Fsp3) is 0.130. The Bertz CT molecular complexity index is 1180. The van der Waals surface area contributed by atoms with Crippen LogP contribution in [0.1, 0.15) is 15.9 Å². The van der Waals surface area contributed by atoms with Crippen LogP contribution in [-0.2, 0) is 6.54 Å². The molecule has 0 bridgehead atoms. The molecule has 2 aromatic carbocycles. The average molecular weight is 449 g/mol. The molecule has 162 valence electrons. The molecule has 0 radical (unpaired) electrons. The van der Waals surface area contributed by atoms with Gasteiger partial charge in [-0.15, -0.1) is 0 Å². The molecule has 2 aromatic heterocycles. The number of benzene rings is 2. The molecule has 2 heterocycles. The van der Waals surface area contributed by atoms with Gasteiger partial charge in [0, 0.05) is 35.7 Å². The van der Waals surface area contributed by atoms with Crippen molar-refractivity contribution in [3.8, 4) is 17.1 Å². The summed E-state index contributed by atoms with van der Waals surface area (Å²) in [5, 5.41) is 7.07. The van der Waals surface area contributed by atoms with Gasteiger partial charge in [-0.25, -0.2) is 9.97 Å². The maximum absolute atomic E-state index is 13.1. The lowest BCUT2D eigenvalue weighted by atomic mass is 10.1. The number of carbonyl (C=O) groups is 1. The van der Waals surface area contributed by atoms with E-state index in [1.54, 1.807) is 35.5 Å². The molecule has 0 aliphatic heterocycles. The van der Waals surface area contributed by atoms with Gasteiger partial charge in [-0.1, -0.05) is 41.9 Å². The Kier molecular flexibility index (Phi) is 6.62. The number of nitrogen functional groups attached to an aromatic ring is 1. The van der Waals surface area contributed by atoms with Crippen LogP contribution in [0.3, 0.4) is 0 Å². The summed E-state index contributed by atoms with van der Waals surface area (Å²) in [6.45, 7) is 1.01. The molecule has 0 fully saturated rings. The van der Waals surface area contributed by atoms with Gasteiger partial charge in [0.1, 0.15) is 17.9 Å². The van der Waals surface area contributed by atoms with Crippen LogP contribution in [0.5, 0.6) is 5.75 Å². The Balaban J connectivity index is 1.48. The van der Waals surface area contributed by atoms with E-state index >= 15 is 0 Å². The number of anilines is 1. The van der Waals surface area contributed by atoms with Crippen molar-refractivity contribution in [1.82, 2.24) is 25.1 Å². The van der Waals surface area contributed by atoms with Crippen molar-refractivity contribution >= 4 is 23.3 Å². The molecular weight excluding hydrogens is 428 g/mol. The standard InChI is InChI=1S/C23H21ClN6O2/c24-18-3-1-4-19(13-18)32-12-11-30(23(31)20-14-28-29-21(20)25)15-16-5-7-17(8-6-16)22-26-9-2-10-27-22/h1-10,13-14H,11-12,15H2,(H3,25,28,29). The lowest BCUT2D eigenvalue weighted by molar-refractivity contribution is 0.0717. The maximum Gasteiger partial charge on any atom is 0.259 e. The molecule has 8 nitrogen and oxygen atoms in total. The quantitative estimate of drug-likeness (QED) is 0.424. The van der Waals surface area contributed by atoms with E-state index in [-0.39, 0.29) is 11.7 Å². The van der Waals surface area contributed by atoms with Crippen molar-refractivity contribution in [1.29, 1.82) is 0 Å². The Hall–Kier alpha value is -3.91. The number of ether oxygens (including phenoxy) is 1. The first kappa shape index (κ1) is 21.3. The van der Waals surface area contributed by atoms with Crippen LogP contribution < -0.4 is 10.5 Å². The molecule has 0 spiro atoms. The lowest BCUT2D eigenvalue weighted by Crippen LogP contribution is -2.34. The Morgan fingerprint density at radius 1 is 1.09 bits per heavy atom. The fourth-order valence-corrected chi connectivity index (χ4v) is 3.33. The first-order valence-electron chi connectivity index (χ1n) is 9.93. The lowest BCUT2D eigenvalue weighted by Gasteiger charge is -2.23. The van der Waals surface area contributed by atoms with Gasteiger partial charge in [0.25, 0.3) is 5.91 Å². The summed E-state index contributed by atoms with van der Waals surface area (Å²) in [4.78, 5) is 23.3. The van der Waals surface area contributed by atoms with E-state index in [0.717, 1.165) is 11.1 Å². The van der Waals surface area contributed by atoms with Crippen LogP contribution in [0.15, 0.2) is 73.2 Å². The normalized spacial score (nSPS) is 10.7. The van der Waals surface area contributed by atoms with Crippen LogP contribution in [0.25, 0.3) is 11.4 Å². The topological polar surface area (TPSA) is 110 Å². The number of carbonyl (C=O) groups excluding carboxylic acids is 1. The maximum atomic E-state index is 13.1. The molecule has 32 heavy (non-hydrogen) atoms. The van der Waals surface area contributed by atoms with E-state index < -0.39 is 0 Å². The highest BCUT2D eigenvalue weighted by Gasteiger charge is 2.20. The second-order valence-corrected chi connectivity index (χ2v) is 7.42. The van der Waals surface area contributed by atoms with Crippen LogP contribution in [0.4, 0.5) is 5.82 Å². The molecule has 0 unspecified atom stereocenters. The predicted octanol–water partition coefficient (Wildman–Crippen LogP) is 3.82. The first-order valence-corrected chi connectivity index (χ1v) is 10.3. The molecule has 0 aliphatic rings. The third kappa shape index (κ3) is 5.22. The molecule has 9 heteroatoms. The van der Waals surface area contributed by atoms with E-state index in [9.17, 15) is 4.79 Å². The number of rotatable bonds is 8. The summed E-state index contributed by atoms with van der Waals surface area (Å²) in [5.74, 6) is 1.21. The summed E-state index contributed by atoms with van der Waals surface area (Å²) < 4.78 is 5.78. The van der Waals surface area contributed by atoms with Crippen molar-refractivity contribution in [2.24, 2.45) is 0 Å². The number of nitrogens with one attached hydrogen (secondary N) is 1. The predicted molar refractivity (Wildman–Crippen MR) is 122 cm³/mol. The van der Waals surface area contributed by atoms with Gasteiger partial charge in [-0.2, -0.15) is 5.10 Å². The highest BCUT2D eigenvalue weighted by atomic mass is 35.5. The third-order valence-corrected chi connectivity index (χ3v) is 5.00. The van der Waals surface area contributed by atoms with Gasteiger partial charge in [-0.05, 0) is 29.8 Å². The van der Waals surface area contributed by atoms with Crippen molar-refractivity contribution in [2.45, 2.75) is 6.54 Å². The number of aromatic amines is 1. The number of amides is 1. The molecule has 0 saturated carbocycles. The second-order valence-electron chi connectivity index (χ2n) is 6.99. The molecule has 4 rings (SSSR count). The molecule has 3 N–H and O–H groups in total. The highest BCUT2D eigenvalue weighted by molar-refractivity contribution is 6.30. The first-order chi connectivity index (χ1) is 15.6. The number of hydrogen-bond donors (Lipinski definition) is 2. The number of aromatic nitrogens is 4. The Morgan fingerprint density at radius 3 is 2.56 bits per heavy atom. The summed E-state index contributed by atoms with van der Waals surface area (Å²) in [7, 11) is 0. The molecule has 1 amide bonds. The molecule has 0 saturated heterocycles. The van der Waals surface area contributed by atoms with Crippen molar-refractivity contribution < 1.29 is 9.53 Å². The summed E-state index contributed by atoms with van der Waals surface area (Å²) in [5.41, 5.74) is 8.01. The van der Waals surface area contributed by atoms with Crippen molar-refractivity contribution in [3.63, 3.8) is 0 Å². The van der Waals surface area contributed by atoms with E-state index in [0.29, 0.717) is 41.9 Å². The number of H-pyrrole nitrogens is 1. The number of nitrogens with two attached hydrogens (primary N) is 1. The number of nitrogens with zero attached hydrogens (tertiary/aromatic N) is 4.